The lowest BCUT2D eigenvalue weighted by Crippen LogP contribution is -2.24. The number of nitrogens with zero attached hydrogens (tertiary/aromatic N) is 3. The van der Waals surface area contributed by atoms with Gasteiger partial charge < -0.3 is 18.9 Å². The highest BCUT2D eigenvalue weighted by Gasteiger charge is 2.35. The molecule has 0 saturated carbocycles. The summed E-state index contributed by atoms with van der Waals surface area (Å²) in [7, 11) is 1.60. The van der Waals surface area contributed by atoms with Crippen molar-refractivity contribution < 1.29 is 18.8 Å². The van der Waals surface area contributed by atoms with E-state index in [-0.39, 0.29) is 11.8 Å². The summed E-state index contributed by atoms with van der Waals surface area (Å²) in [6.07, 6.45) is 2.20. The minimum absolute atomic E-state index is 0.0668. The first-order valence-corrected chi connectivity index (χ1v) is 10.7. The molecule has 1 aliphatic rings. The first-order chi connectivity index (χ1) is 15.1. The van der Waals surface area contributed by atoms with E-state index in [0.717, 1.165) is 24.1 Å². The Bertz CT molecular complexity index is 1060. The molecule has 1 aliphatic heterocycles. The van der Waals surface area contributed by atoms with Crippen LogP contribution in [0.15, 0.2) is 47.0 Å². The monoisotopic (exact) mass is 421 g/mol. The molecule has 0 radical (unpaired) electrons. The normalized spacial score (nSPS) is 16.0. The van der Waals surface area contributed by atoms with Crippen LogP contribution in [-0.2, 0) is 11.2 Å². The van der Waals surface area contributed by atoms with Gasteiger partial charge in [0.15, 0.2) is 11.5 Å². The minimum Gasteiger partial charge on any atom is -0.493 e. The van der Waals surface area contributed by atoms with Crippen LogP contribution in [0.1, 0.15) is 44.1 Å². The lowest BCUT2D eigenvalue weighted by Gasteiger charge is -2.16. The van der Waals surface area contributed by atoms with Gasteiger partial charge in [-0.3, -0.25) is 4.79 Å². The molecule has 0 bridgehead atoms. The average Bonchev–Trinajstić information content (AvgIpc) is 3.44. The van der Waals surface area contributed by atoms with Crippen molar-refractivity contribution in [1.82, 2.24) is 10.1 Å². The Morgan fingerprint density at radius 3 is 2.81 bits per heavy atom. The molecule has 1 atom stereocenters. The zero-order valence-corrected chi connectivity index (χ0v) is 18.1. The number of hydrogen-bond donors (Lipinski definition) is 0. The topological polar surface area (TPSA) is 77.7 Å². The van der Waals surface area contributed by atoms with E-state index in [2.05, 4.69) is 36.1 Å². The molecule has 1 fully saturated rings. The third kappa shape index (κ3) is 4.40. The average molecular weight is 421 g/mol. The van der Waals surface area contributed by atoms with Gasteiger partial charge in [-0.25, -0.2) is 0 Å². The largest absolute Gasteiger partial charge is 0.493 e. The Morgan fingerprint density at radius 2 is 2.03 bits per heavy atom. The van der Waals surface area contributed by atoms with Gasteiger partial charge in [0.2, 0.25) is 17.6 Å². The van der Waals surface area contributed by atoms with Gasteiger partial charge >= 0.3 is 0 Å². The van der Waals surface area contributed by atoms with Crippen LogP contribution in [-0.4, -0.2) is 36.3 Å². The van der Waals surface area contributed by atoms with Crippen LogP contribution in [0.5, 0.6) is 11.5 Å². The molecule has 2 heterocycles. The van der Waals surface area contributed by atoms with Crippen LogP contribution in [0.4, 0.5) is 5.69 Å². The van der Waals surface area contributed by atoms with Gasteiger partial charge in [0, 0.05) is 24.2 Å². The zero-order chi connectivity index (χ0) is 21.8. The van der Waals surface area contributed by atoms with Crippen LogP contribution >= 0.6 is 0 Å². The number of rotatable bonds is 8. The second-order valence-electron chi connectivity index (χ2n) is 7.60. The quantitative estimate of drug-likeness (QED) is 0.528. The van der Waals surface area contributed by atoms with Crippen molar-refractivity contribution in [1.29, 1.82) is 0 Å². The number of amides is 1. The fourth-order valence-corrected chi connectivity index (χ4v) is 3.72. The van der Waals surface area contributed by atoms with E-state index in [4.69, 9.17) is 14.0 Å². The number of aryl methyl sites for hydroxylation is 1. The molecule has 2 aromatic carbocycles. The number of aromatic nitrogens is 2. The molecule has 0 N–H and O–H groups in total. The Morgan fingerprint density at radius 1 is 1.16 bits per heavy atom. The smallest absolute Gasteiger partial charge is 0.232 e. The molecular formula is C24H27N3O4. The number of benzene rings is 2. The van der Waals surface area contributed by atoms with Crippen LogP contribution in [0.3, 0.4) is 0 Å². The molecule has 0 aliphatic carbocycles. The van der Waals surface area contributed by atoms with E-state index in [1.807, 2.05) is 30.3 Å². The summed E-state index contributed by atoms with van der Waals surface area (Å²) >= 11 is 0. The fraction of sp³-hybridized carbons (Fsp3) is 0.375. The summed E-state index contributed by atoms with van der Waals surface area (Å²) < 4.78 is 16.7. The maximum atomic E-state index is 12.6. The summed E-state index contributed by atoms with van der Waals surface area (Å²) in [4.78, 5) is 19.0. The first kappa shape index (κ1) is 20.9. The summed E-state index contributed by atoms with van der Waals surface area (Å²) in [5.74, 6) is 2.18. The molecule has 31 heavy (non-hydrogen) atoms. The highest BCUT2D eigenvalue weighted by Crippen LogP contribution is 2.34. The predicted octanol–water partition coefficient (Wildman–Crippen LogP) is 4.62. The van der Waals surface area contributed by atoms with E-state index in [1.165, 1.54) is 5.56 Å². The van der Waals surface area contributed by atoms with E-state index in [0.29, 0.717) is 42.8 Å². The highest BCUT2D eigenvalue weighted by atomic mass is 16.5. The fourth-order valence-electron chi connectivity index (χ4n) is 3.72. The molecule has 4 rings (SSSR count). The summed E-state index contributed by atoms with van der Waals surface area (Å²) in [5, 5.41) is 4.14. The SMILES string of the molecule is CCCOc1ccc(-c2noc(C3CC(=O)N(c4cccc(CC)c4)C3)n2)cc1OC. The summed E-state index contributed by atoms with van der Waals surface area (Å²) in [6, 6.07) is 13.6. The molecule has 1 amide bonds. The molecule has 0 spiro atoms. The predicted molar refractivity (Wildman–Crippen MR) is 118 cm³/mol. The molecule has 1 aromatic heterocycles. The van der Waals surface area contributed by atoms with Crippen LogP contribution < -0.4 is 14.4 Å². The van der Waals surface area contributed by atoms with Gasteiger partial charge in [0.05, 0.1) is 19.6 Å². The molecule has 3 aromatic rings. The molecule has 162 valence electrons. The van der Waals surface area contributed by atoms with Gasteiger partial charge in [0.25, 0.3) is 0 Å². The van der Waals surface area contributed by atoms with Gasteiger partial charge in [-0.1, -0.05) is 31.1 Å². The Labute approximate surface area is 182 Å². The Balaban J connectivity index is 1.52. The second kappa shape index (κ2) is 9.20. The third-order valence-electron chi connectivity index (χ3n) is 5.43. The number of methoxy groups -OCH3 is 1. The summed E-state index contributed by atoms with van der Waals surface area (Å²) in [6.45, 7) is 5.30. The number of carbonyl (C=O) groups excluding carboxylic acids is 1. The summed E-state index contributed by atoms with van der Waals surface area (Å²) in [5.41, 5.74) is 2.89. The maximum absolute atomic E-state index is 12.6. The Hall–Kier alpha value is -3.35. The molecular weight excluding hydrogens is 394 g/mol. The van der Waals surface area contributed by atoms with Crippen molar-refractivity contribution in [3.05, 3.63) is 53.9 Å². The number of anilines is 1. The van der Waals surface area contributed by atoms with E-state index < -0.39 is 0 Å². The van der Waals surface area contributed by atoms with Crippen molar-refractivity contribution in [2.45, 2.75) is 39.0 Å². The van der Waals surface area contributed by atoms with Crippen molar-refractivity contribution in [2.75, 3.05) is 25.2 Å². The van der Waals surface area contributed by atoms with Gasteiger partial charge in [-0.15, -0.1) is 0 Å². The minimum atomic E-state index is -0.131. The Kier molecular flexibility index (Phi) is 6.21. The van der Waals surface area contributed by atoms with E-state index in [1.54, 1.807) is 12.0 Å². The van der Waals surface area contributed by atoms with Crippen molar-refractivity contribution in [3.63, 3.8) is 0 Å². The number of hydrogen-bond acceptors (Lipinski definition) is 6. The highest BCUT2D eigenvalue weighted by molar-refractivity contribution is 5.96. The van der Waals surface area contributed by atoms with Gasteiger partial charge in [0.1, 0.15) is 0 Å². The van der Waals surface area contributed by atoms with Crippen molar-refractivity contribution in [2.24, 2.45) is 0 Å². The molecule has 1 saturated heterocycles. The molecule has 1 unspecified atom stereocenters. The molecule has 7 nitrogen and oxygen atoms in total. The first-order valence-electron chi connectivity index (χ1n) is 10.7. The second-order valence-corrected chi connectivity index (χ2v) is 7.60. The van der Waals surface area contributed by atoms with Crippen molar-refractivity contribution in [3.8, 4) is 22.9 Å². The van der Waals surface area contributed by atoms with Gasteiger partial charge in [-0.05, 0) is 48.7 Å². The van der Waals surface area contributed by atoms with Crippen molar-refractivity contribution >= 4 is 11.6 Å². The third-order valence-corrected chi connectivity index (χ3v) is 5.43. The lowest BCUT2D eigenvalue weighted by molar-refractivity contribution is -0.117. The number of ether oxygens (including phenoxy) is 2. The van der Waals surface area contributed by atoms with Crippen LogP contribution in [0.25, 0.3) is 11.4 Å². The van der Waals surface area contributed by atoms with Crippen LogP contribution in [0.2, 0.25) is 0 Å². The van der Waals surface area contributed by atoms with Gasteiger partial charge in [-0.2, -0.15) is 4.98 Å². The molecule has 7 heteroatoms. The van der Waals surface area contributed by atoms with E-state index in [9.17, 15) is 4.79 Å². The lowest BCUT2D eigenvalue weighted by atomic mass is 10.1. The van der Waals surface area contributed by atoms with E-state index >= 15 is 0 Å². The maximum Gasteiger partial charge on any atom is 0.232 e. The zero-order valence-electron chi connectivity index (χ0n) is 18.1. The standard InChI is InChI=1S/C24H27N3O4/c1-4-11-30-20-10-9-17(13-21(20)29-3)23-25-24(31-26-23)18-14-22(28)27(15-18)19-8-6-7-16(5-2)12-19/h6-10,12-13,18H,4-5,11,14-15H2,1-3H3. The number of carbonyl (C=O) groups is 1. The van der Waals surface area contributed by atoms with Crippen LogP contribution in [0, 0.1) is 0 Å².